The number of methoxy groups -OCH3 is 1. The van der Waals surface area contributed by atoms with Crippen molar-refractivity contribution in [2.75, 3.05) is 13.7 Å². The van der Waals surface area contributed by atoms with Crippen molar-refractivity contribution >= 4 is 0 Å². The highest BCUT2D eigenvalue weighted by Gasteiger charge is 2.18. The van der Waals surface area contributed by atoms with Gasteiger partial charge in [0.15, 0.2) is 11.5 Å². The Morgan fingerprint density at radius 2 is 1.93 bits per heavy atom. The zero-order valence-electron chi connectivity index (χ0n) is 15.8. The lowest BCUT2D eigenvalue weighted by Gasteiger charge is -2.20. The molecule has 0 saturated carbocycles. The van der Waals surface area contributed by atoms with E-state index in [0.717, 1.165) is 22.7 Å². The van der Waals surface area contributed by atoms with Crippen LogP contribution in [0, 0.1) is 5.82 Å². The molecule has 0 aliphatic carbocycles. The van der Waals surface area contributed by atoms with Gasteiger partial charge in [-0.1, -0.05) is 18.2 Å². The minimum atomic E-state index is -0.256. The molecule has 6 heteroatoms. The molecule has 1 aromatic heterocycles. The molecule has 0 saturated heterocycles. The van der Waals surface area contributed by atoms with E-state index in [1.54, 1.807) is 25.4 Å². The molecule has 1 atom stereocenters. The highest BCUT2D eigenvalue weighted by Crippen LogP contribution is 2.29. The molecule has 2 aromatic carbocycles. The Morgan fingerprint density at radius 3 is 2.56 bits per heavy atom. The number of nitrogens with zero attached hydrogens (tertiary/aromatic N) is 2. The fraction of sp³-hybridized carbons (Fsp3) is 0.286. The maximum atomic E-state index is 13.3. The van der Waals surface area contributed by atoms with Gasteiger partial charge in [0.2, 0.25) is 0 Å². The lowest BCUT2D eigenvalue weighted by atomic mass is 10.1. The Morgan fingerprint density at radius 1 is 1.15 bits per heavy atom. The molecule has 1 unspecified atom stereocenters. The number of halogens is 1. The third-order valence-electron chi connectivity index (χ3n) is 4.36. The van der Waals surface area contributed by atoms with Crippen molar-refractivity contribution in [2.45, 2.75) is 19.5 Å². The summed E-state index contributed by atoms with van der Waals surface area (Å²) in [5.41, 5.74) is 2.00. The Labute approximate surface area is 158 Å². The Kier molecular flexibility index (Phi) is 6.08. The van der Waals surface area contributed by atoms with Crippen molar-refractivity contribution in [3.63, 3.8) is 0 Å². The Hall–Kier alpha value is -2.86. The van der Waals surface area contributed by atoms with Crippen LogP contribution >= 0.6 is 0 Å². The normalized spacial score (nSPS) is 12.0. The van der Waals surface area contributed by atoms with Crippen molar-refractivity contribution in [1.29, 1.82) is 0 Å². The van der Waals surface area contributed by atoms with E-state index in [1.165, 1.54) is 12.1 Å². The van der Waals surface area contributed by atoms with Crippen LogP contribution in [-0.4, -0.2) is 23.3 Å². The van der Waals surface area contributed by atoms with Crippen molar-refractivity contribution < 1.29 is 13.9 Å². The van der Waals surface area contributed by atoms with E-state index in [-0.39, 0.29) is 11.9 Å². The molecule has 3 rings (SSSR count). The van der Waals surface area contributed by atoms with Gasteiger partial charge in [-0.25, -0.2) is 9.37 Å². The van der Waals surface area contributed by atoms with Gasteiger partial charge in [0.25, 0.3) is 0 Å². The first-order valence-corrected chi connectivity index (χ1v) is 8.88. The average Bonchev–Trinajstić information content (AvgIpc) is 3.10. The first-order chi connectivity index (χ1) is 13.1. The maximum absolute atomic E-state index is 13.3. The molecule has 0 bridgehead atoms. The molecule has 1 heterocycles. The Bertz CT molecular complexity index is 877. The molecule has 27 heavy (non-hydrogen) atoms. The summed E-state index contributed by atoms with van der Waals surface area (Å²) < 4.78 is 26.3. The van der Waals surface area contributed by atoms with E-state index >= 15 is 0 Å². The predicted octanol–water partition coefficient (Wildman–Crippen LogP) is 3.85. The van der Waals surface area contributed by atoms with Gasteiger partial charge in [-0.15, -0.1) is 0 Å². The predicted molar refractivity (Wildman–Crippen MR) is 102 cm³/mol. The summed E-state index contributed by atoms with van der Waals surface area (Å²) in [5, 5.41) is 3.52. The number of ether oxygens (including phenoxy) is 2. The Balaban J connectivity index is 1.84. The topological polar surface area (TPSA) is 48.3 Å². The minimum absolute atomic E-state index is 0.164. The van der Waals surface area contributed by atoms with Gasteiger partial charge in [0.1, 0.15) is 11.6 Å². The smallest absolute Gasteiger partial charge is 0.161 e. The maximum Gasteiger partial charge on any atom is 0.161 e. The number of aromatic nitrogens is 2. The molecule has 0 aliphatic heterocycles. The van der Waals surface area contributed by atoms with E-state index in [0.29, 0.717) is 18.9 Å². The van der Waals surface area contributed by atoms with Gasteiger partial charge in [-0.2, -0.15) is 0 Å². The molecule has 142 valence electrons. The lowest BCUT2D eigenvalue weighted by molar-refractivity contribution is 0.310. The minimum Gasteiger partial charge on any atom is -0.493 e. The average molecular weight is 369 g/mol. The summed E-state index contributed by atoms with van der Waals surface area (Å²) in [6.07, 6.45) is 3.65. The lowest BCUT2D eigenvalue weighted by Crippen LogP contribution is -2.24. The second-order valence-corrected chi connectivity index (χ2v) is 6.18. The van der Waals surface area contributed by atoms with E-state index in [2.05, 4.69) is 10.3 Å². The molecular weight excluding hydrogens is 345 g/mol. The molecule has 0 spiro atoms. The fourth-order valence-corrected chi connectivity index (χ4v) is 2.99. The molecule has 0 amide bonds. The summed E-state index contributed by atoms with van der Waals surface area (Å²) in [4.78, 5) is 4.46. The van der Waals surface area contributed by atoms with Crippen molar-refractivity contribution in [1.82, 2.24) is 14.9 Å². The first-order valence-electron chi connectivity index (χ1n) is 8.88. The molecule has 1 N–H and O–H groups in total. The third-order valence-corrected chi connectivity index (χ3v) is 4.36. The third kappa shape index (κ3) is 4.46. The number of rotatable bonds is 8. The molecular formula is C21H24FN3O2. The van der Waals surface area contributed by atoms with Crippen molar-refractivity contribution in [2.24, 2.45) is 7.05 Å². The van der Waals surface area contributed by atoms with Crippen LogP contribution in [0.4, 0.5) is 4.39 Å². The summed E-state index contributed by atoms with van der Waals surface area (Å²) in [5.74, 6) is 2.03. The van der Waals surface area contributed by atoms with Crippen LogP contribution in [0.15, 0.2) is 54.9 Å². The zero-order chi connectivity index (χ0) is 19.2. The van der Waals surface area contributed by atoms with Gasteiger partial charge < -0.3 is 14.0 Å². The van der Waals surface area contributed by atoms with Crippen molar-refractivity contribution in [3.05, 3.63) is 77.6 Å². The molecule has 0 fully saturated rings. The van der Waals surface area contributed by atoms with Crippen LogP contribution < -0.4 is 14.8 Å². The molecule has 5 nitrogen and oxygen atoms in total. The van der Waals surface area contributed by atoms with E-state index in [1.807, 2.05) is 42.9 Å². The number of hydrogen-bond donors (Lipinski definition) is 1. The standard InChI is InChI=1S/C21H24FN3O2/c1-4-27-19-13-15(5-10-18(19)26-3)14-24-20(21-23-11-12-25(21)2)16-6-8-17(22)9-7-16/h5-13,20,24H,4,14H2,1-3H3. The highest BCUT2D eigenvalue weighted by molar-refractivity contribution is 5.43. The van der Waals surface area contributed by atoms with Crippen LogP contribution in [0.3, 0.4) is 0 Å². The highest BCUT2D eigenvalue weighted by atomic mass is 19.1. The molecule has 0 radical (unpaired) electrons. The van der Waals surface area contributed by atoms with Crippen LogP contribution in [-0.2, 0) is 13.6 Å². The van der Waals surface area contributed by atoms with Crippen molar-refractivity contribution in [3.8, 4) is 11.5 Å². The number of hydrogen-bond acceptors (Lipinski definition) is 4. The van der Waals surface area contributed by atoms with Gasteiger partial charge >= 0.3 is 0 Å². The van der Waals surface area contributed by atoms with E-state index in [9.17, 15) is 4.39 Å². The van der Waals surface area contributed by atoms with E-state index < -0.39 is 0 Å². The van der Waals surface area contributed by atoms with Crippen LogP contribution in [0.25, 0.3) is 0 Å². The summed E-state index contributed by atoms with van der Waals surface area (Å²) in [6, 6.07) is 12.2. The van der Waals surface area contributed by atoms with Gasteiger partial charge in [0.05, 0.1) is 19.8 Å². The molecule has 3 aromatic rings. The number of benzene rings is 2. The fourth-order valence-electron chi connectivity index (χ4n) is 2.99. The van der Waals surface area contributed by atoms with Gasteiger partial charge in [0, 0.05) is 26.0 Å². The largest absolute Gasteiger partial charge is 0.493 e. The van der Waals surface area contributed by atoms with Gasteiger partial charge in [-0.3, -0.25) is 5.32 Å². The van der Waals surface area contributed by atoms with E-state index in [4.69, 9.17) is 9.47 Å². The number of nitrogens with one attached hydrogen (secondary N) is 1. The van der Waals surface area contributed by atoms with Crippen LogP contribution in [0.1, 0.15) is 29.9 Å². The monoisotopic (exact) mass is 369 g/mol. The summed E-state index contributed by atoms with van der Waals surface area (Å²) in [6.45, 7) is 3.10. The van der Waals surface area contributed by atoms with Gasteiger partial charge in [-0.05, 0) is 42.3 Å². The molecule has 0 aliphatic rings. The number of imidazole rings is 1. The first kappa shape index (κ1) is 18.9. The summed E-state index contributed by atoms with van der Waals surface area (Å²) in [7, 11) is 3.57. The SMILES string of the molecule is CCOc1cc(CNC(c2ccc(F)cc2)c2nccn2C)ccc1OC. The van der Waals surface area contributed by atoms with Crippen LogP contribution in [0.2, 0.25) is 0 Å². The number of aryl methyl sites for hydroxylation is 1. The summed E-state index contributed by atoms with van der Waals surface area (Å²) >= 11 is 0. The van der Waals surface area contributed by atoms with Crippen LogP contribution in [0.5, 0.6) is 11.5 Å². The second-order valence-electron chi connectivity index (χ2n) is 6.18. The second kappa shape index (κ2) is 8.68. The zero-order valence-corrected chi connectivity index (χ0v) is 15.8. The quantitative estimate of drug-likeness (QED) is 0.655.